The summed E-state index contributed by atoms with van der Waals surface area (Å²) in [7, 11) is 2.31. The van der Waals surface area contributed by atoms with Crippen LogP contribution in [0.15, 0.2) is 24.3 Å². The number of nitrogens with one attached hydrogen (secondary N) is 1. The fraction of sp³-hybridized carbons (Fsp3) is 0.708. The van der Waals surface area contributed by atoms with E-state index in [4.69, 9.17) is 0 Å². The second-order valence-corrected chi connectivity index (χ2v) is 8.68. The number of hydrogen-bond acceptors (Lipinski definition) is 3. The minimum Gasteiger partial charge on any atom is -0.307 e. The van der Waals surface area contributed by atoms with Gasteiger partial charge in [0.05, 0.1) is 6.54 Å². The van der Waals surface area contributed by atoms with Crippen molar-refractivity contribution in [2.45, 2.75) is 82.7 Å². The van der Waals surface area contributed by atoms with Crippen LogP contribution in [0.2, 0.25) is 0 Å². The van der Waals surface area contributed by atoms with E-state index < -0.39 is 0 Å². The van der Waals surface area contributed by atoms with Crippen molar-refractivity contribution in [3.05, 3.63) is 35.4 Å². The zero-order chi connectivity index (χ0) is 18.9. The summed E-state index contributed by atoms with van der Waals surface area (Å²) in [5.41, 5.74) is 3.22. The van der Waals surface area contributed by atoms with Crippen molar-refractivity contribution >= 4 is 6.29 Å². The van der Waals surface area contributed by atoms with Gasteiger partial charge in [0, 0.05) is 18.6 Å². The molecule has 1 unspecified atom stereocenters. The van der Waals surface area contributed by atoms with Crippen LogP contribution in [-0.4, -0.2) is 37.4 Å². The molecule has 1 aliphatic heterocycles. The van der Waals surface area contributed by atoms with Gasteiger partial charge in [-0.1, -0.05) is 62.8 Å². The number of rotatable bonds is 4. The quantitative estimate of drug-likeness (QED) is 0.765. The van der Waals surface area contributed by atoms with Gasteiger partial charge >= 0.3 is 0 Å². The van der Waals surface area contributed by atoms with Gasteiger partial charge in [0.2, 0.25) is 0 Å². The Labute approximate surface area is 165 Å². The Morgan fingerprint density at radius 3 is 2.37 bits per heavy atom. The van der Waals surface area contributed by atoms with E-state index in [1.807, 2.05) is 0 Å². The van der Waals surface area contributed by atoms with Crippen LogP contribution in [-0.2, 0) is 11.2 Å². The number of benzene rings is 1. The Morgan fingerprint density at radius 1 is 1.00 bits per heavy atom. The van der Waals surface area contributed by atoms with Crippen LogP contribution in [0.3, 0.4) is 0 Å². The summed E-state index contributed by atoms with van der Waals surface area (Å²) < 4.78 is 0. The molecule has 0 bridgehead atoms. The molecule has 2 saturated carbocycles. The lowest BCUT2D eigenvalue weighted by Gasteiger charge is -2.41. The number of carbonyl (C=O) groups is 1. The van der Waals surface area contributed by atoms with Crippen molar-refractivity contribution < 1.29 is 4.79 Å². The van der Waals surface area contributed by atoms with Gasteiger partial charge in [-0.15, -0.1) is 0 Å². The van der Waals surface area contributed by atoms with Crippen LogP contribution in [0.4, 0.5) is 0 Å². The third kappa shape index (κ3) is 5.89. The molecule has 0 spiro atoms. The molecule has 3 nitrogen and oxygen atoms in total. The Bertz CT molecular complexity index is 561. The molecule has 1 aromatic carbocycles. The topological polar surface area (TPSA) is 32.3 Å². The number of likely N-dealkylation sites (N-methyl/N-ethyl adjacent to an activating group) is 1. The molecule has 0 radical (unpaired) electrons. The Balaban J connectivity index is 0.000000180. The zero-order valence-electron chi connectivity index (χ0n) is 17.2. The fourth-order valence-electron chi connectivity index (χ4n) is 5.31. The number of nitrogens with zero attached hydrogens (tertiary/aromatic N) is 1. The maximum Gasteiger partial charge on any atom is 0.133 e. The summed E-state index contributed by atoms with van der Waals surface area (Å²) >= 11 is 0. The summed E-state index contributed by atoms with van der Waals surface area (Å²) in [6.45, 7) is 1.77. The lowest BCUT2D eigenvalue weighted by Crippen LogP contribution is -2.37. The molecule has 150 valence electrons. The Kier molecular flexibility index (Phi) is 8.34. The lowest BCUT2D eigenvalue weighted by molar-refractivity contribution is -0.107. The maximum absolute atomic E-state index is 9.99. The van der Waals surface area contributed by atoms with Crippen LogP contribution >= 0.6 is 0 Å². The van der Waals surface area contributed by atoms with Gasteiger partial charge < -0.3 is 10.1 Å². The Morgan fingerprint density at radius 2 is 1.67 bits per heavy atom. The summed E-state index contributed by atoms with van der Waals surface area (Å²) in [6.07, 6.45) is 15.9. The third-order valence-corrected chi connectivity index (χ3v) is 6.77. The van der Waals surface area contributed by atoms with Crippen molar-refractivity contribution in [2.24, 2.45) is 5.92 Å². The van der Waals surface area contributed by atoms with Crippen LogP contribution in [0.1, 0.15) is 81.4 Å². The number of aldehydes is 1. The van der Waals surface area contributed by atoms with Crippen molar-refractivity contribution in [3.63, 3.8) is 0 Å². The summed E-state index contributed by atoms with van der Waals surface area (Å²) in [5.74, 6) is 0.898. The summed E-state index contributed by atoms with van der Waals surface area (Å²) in [4.78, 5) is 12.6. The average molecular weight is 371 g/mol. The average Bonchev–Trinajstić information content (AvgIpc) is 2.74. The predicted octanol–water partition coefficient (Wildman–Crippen LogP) is 4.90. The van der Waals surface area contributed by atoms with Crippen LogP contribution < -0.4 is 5.32 Å². The van der Waals surface area contributed by atoms with Gasteiger partial charge in [0.1, 0.15) is 6.29 Å². The maximum atomic E-state index is 9.99. The monoisotopic (exact) mass is 370 g/mol. The van der Waals surface area contributed by atoms with Crippen molar-refractivity contribution in [3.8, 4) is 0 Å². The van der Waals surface area contributed by atoms with Gasteiger partial charge in [0.15, 0.2) is 0 Å². The number of hydrogen-bond donors (Lipinski definition) is 1. The first-order chi connectivity index (χ1) is 13.3. The molecule has 2 aliphatic carbocycles. The van der Waals surface area contributed by atoms with Crippen LogP contribution in [0.25, 0.3) is 0 Å². The molecular formula is C24H38N2O. The zero-order valence-corrected chi connectivity index (χ0v) is 17.2. The third-order valence-electron chi connectivity index (χ3n) is 6.77. The smallest absolute Gasteiger partial charge is 0.133 e. The first-order valence-corrected chi connectivity index (χ1v) is 11.2. The van der Waals surface area contributed by atoms with Gasteiger partial charge in [-0.25, -0.2) is 0 Å². The second kappa shape index (κ2) is 11.0. The molecule has 1 heterocycles. The Hall–Kier alpha value is -1.19. The summed E-state index contributed by atoms with van der Waals surface area (Å²) in [5, 5.41) is 3.20. The van der Waals surface area contributed by atoms with E-state index in [1.165, 1.54) is 77.2 Å². The largest absolute Gasteiger partial charge is 0.307 e. The molecule has 2 fully saturated rings. The van der Waals surface area contributed by atoms with Crippen molar-refractivity contribution in [2.75, 3.05) is 20.1 Å². The highest BCUT2D eigenvalue weighted by atomic mass is 16.1. The molecular weight excluding hydrogens is 332 g/mol. The van der Waals surface area contributed by atoms with Gasteiger partial charge in [-0.2, -0.15) is 0 Å². The molecule has 1 aromatic rings. The van der Waals surface area contributed by atoms with E-state index in [0.717, 1.165) is 12.2 Å². The van der Waals surface area contributed by atoms with E-state index in [2.05, 4.69) is 41.5 Å². The number of fused-ring (bicyclic) bond motifs is 1. The van der Waals surface area contributed by atoms with E-state index in [1.54, 1.807) is 11.1 Å². The first kappa shape index (κ1) is 20.5. The minimum absolute atomic E-state index is 0.532. The molecule has 3 heteroatoms. The highest BCUT2D eigenvalue weighted by Gasteiger charge is 2.31. The van der Waals surface area contributed by atoms with Crippen LogP contribution in [0.5, 0.6) is 0 Å². The molecule has 1 atom stereocenters. The first-order valence-electron chi connectivity index (χ1n) is 11.2. The van der Waals surface area contributed by atoms with Gasteiger partial charge in [-0.05, 0) is 56.2 Å². The SMILES string of the molecule is CN1CCc2ccccc2C1C1CCCCC1.O=CCNC1CCCCC1. The van der Waals surface area contributed by atoms with Crippen LogP contribution in [0, 0.1) is 5.92 Å². The van der Waals surface area contributed by atoms with E-state index in [0.29, 0.717) is 18.6 Å². The van der Waals surface area contributed by atoms with E-state index >= 15 is 0 Å². The fourth-order valence-corrected chi connectivity index (χ4v) is 5.31. The minimum atomic E-state index is 0.532. The molecule has 27 heavy (non-hydrogen) atoms. The lowest BCUT2D eigenvalue weighted by atomic mass is 9.77. The molecule has 0 saturated heterocycles. The van der Waals surface area contributed by atoms with E-state index in [-0.39, 0.29) is 0 Å². The van der Waals surface area contributed by atoms with Crippen molar-refractivity contribution in [1.82, 2.24) is 10.2 Å². The van der Waals surface area contributed by atoms with E-state index in [9.17, 15) is 4.79 Å². The molecule has 3 aliphatic rings. The standard InChI is InChI=1S/C16H23N.C8H15NO/c1-17-12-11-13-7-5-6-10-15(13)16(17)14-8-3-2-4-9-14;10-7-6-9-8-4-2-1-3-5-8/h5-7,10,14,16H,2-4,8-9,11-12H2,1H3;7-9H,1-6H2. The molecule has 1 N–H and O–H groups in total. The summed E-state index contributed by atoms with van der Waals surface area (Å²) in [6, 6.07) is 10.4. The second-order valence-electron chi connectivity index (χ2n) is 8.68. The van der Waals surface area contributed by atoms with Crippen molar-refractivity contribution in [1.29, 1.82) is 0 Å². The molecule has 4 rings (SSSR count). The molecule has 0 amide bonds. The predicted molar refractivity (Wildman–Crippen MR) is 113 cm³/mol. The van der Waals surface area contributed by atoms with Gasteiger partial charge in [-0.3, -0.25) is 4.90 Å². The van der Waals surface area contributed by atoms with Gasteiger partial charge in [0.25, 0.3) is 0 Å². The number of carbonyl (C=O) groups excluding carboxylic acids is 1. The highest BCUT2D eigenvalue weighted by molar-refractivity contribution is 5.51. The molecule has 0 aromatic heterocycles. The highest BCUT2D eigenvalue weighted by Crippen LogP contribution is 2.40. The normalized spacial score (nSPS) is 24.6.